The SMILES string of the molecule is CCC1CN(CCOCCO)CCC1=O. The maximum atomic E-state index is 11.5. The van der Waals surface area contributed by atoms with Crippen molar-refractivity contribution in [1.82, 2.24) is 4.90 Å². The van der Waals surface area contributed by atoms with Crippen molar-refractivity contribution in [2.45, 2.75) is 19.8 Å². The standard InChI is InChI=1S/C11H21NO3/c1-2-10-9-12(4-3-11(10)14)5-7-15-8-6-13/h10,13H,2-9H2,1H3. The Morgan fingerprint density at radius 2 is 2.33 bits per heavy atom. The topological polar surface area (TPSA) is 49.8 Å². The molecule has 1 unspecified atom stereocenters. The molecule has 0 spiro atoms. The van der Waals surface area contributed by atoms with Crippen LogP contribution in [0.5, 0.6) is 0 Å². The molecule has 4 nitrogen and oxygen atoms in total. The molecule has 0 aromatic carbocycles. The van der Waals surface area contributed by atoms with E-state index in [1.807, 2.05) is 0 Å². The Morgan fingerprint density at radius 1 is 1.53 bits per heavy atom. The Kier molecular flexibility index (Phi) is 5.83. The summed E-state index contributed by atoms with van der Waals surface area (Å²) in [7, 11) is 0. The third-order valence-corrected chi connectivity index (χ3v) is 2.89. The van der Waals surface area contributed by atoms with E-state index in [0.29, 0.717) is 25.4 Å². The number of likely N-dealkylation sites (tertiary alicyclic amines) is 1. The predicted molar refractivity (Wildman–Crippen MR) is 57.7 cm³/mol. The van der Waals surface area contributed by atoms with E-state index < -0.39 is 0 Å². The lowest BCUT2D eigenvalue weighted by atomic mass is 9.94. The predicted octanol–water partition coefficient (Wildman–Crippen LogP) is 0.296. The van der Waals surface area contributed by atoms with E-state index in [0.717, 1.165) is 26.1 Å². The van der Waals surface area contributed by atoms with Crippen LogP contribution in [0.2, 0.25) is 0 Å². The first kappa shape index (κ1) is 12.6. The molecule has 1 aliphatic rings. The van der Waals surface area contributed by atoms with E-state index in [4.69, 9.17) is 9.84 Å². The average molecular weight is 215 g/mol. The molecule has 0 aromatic rings. The molecule has 0 saturated carbocycles. The zero-order valence-corrected chi connectivity index (χ0v) is 9.45. The summed E-state index contributed by atoms with van der Waals surface area (Å²) in [6.45, 7) is 5.79. The van der Waals surface area contributed by atoms with E-state index in [9.17, 15) is 4.79 Å². The number of ether oxygens (including phenoxy) is 1. The second kappa shape index (κ2) is 6.93. The average Bonchev–Trinajstić information content (AvgIpc) is 2.26. The van der Waals surface area contributed by atoms with Gasteiger partial charge in [-0.15, -0.1) is 0 Å². The molecule has 1 saturated heterocycles. The molecule has 88 valence electrons. The number of piperidine rings is 1. The number of ketones is 1. The first-order valence-electron chi connectivity index (χ1n) is 5.71. The zero-order valence-electron chi connectivity index (χ0n) is 9.45. The van der Waals surface area contributed by atoms with Gasteiger partial charge in [-0.25, -0.2) is 0 Å². The highest BCUT2D eigenvalue weighted by molar-refractivity contribution is 5.82. The highest BCUT2D eigenvalue weighted by atomic mass is 16.5. The summed E-state index contributed by atoms with van der Waals surface area (Å²) >= 11 is 0. The lowest BCUT2D eigenvalue weighted by Gasteiger charge is -2.31. The van der Waals surface area contributed by atoms with Crippen molar-refractivity contribution in [2.24, 2.45) is 5.92 Å². The van der Waals surface area contributed by atoms with E-state index in [1.165, 1.54) is 0 Å². The highest BCUT2D eigenvalue weighted by Crippen LogP contribution is 2.15. The second-order valence-electron chi connectivity index (χ2n) is 3.96. The van der Waals surface area contributed by atoms with Crippen LogP contribution in [-0.2, 0) is 9.53 Å². The number of rotatable bonds is 6. The fraction of sp³-hybridized carbons (Fsp3) is 0.909. The Morgan fingerprint density at radius 3 is 3.00 bits per heavy atom. The van der Waals surface area contributed by atoms with Crippen LogP contribution in [0.1, 0.15) is 19.8 Å². The van der Waals surface area contributed by atoms with Gasteiger partial charge in [-0.1, -0.05) is 6.92 Å². The molecule has 1 heterocycles. The molecule has 0 bridgehead atoms. The maximum Gasteiger partial charge on any atom is 0.138 e. The number of hydrogen-bond donors (Lipinski definition) is 1. The zero-order chi connectivity index (χ0) is 11.1. The number of aliphatic hydroxyl groups is 1. The normalized spacial score (nSPS) is 23.3. The van der Waals surface area contributed by atoms with Crippen molar-refractivity contribution in [3.05, 3.63) is 0 Å². The quantitative estimate of drug-likeness (QED) is 0.647. The highest BCUT2D eigenvalue weighted by Gasteiger charge is 2.24. The van der Waals surface area contributed by atoms with Crippen LogP contribution < -0.4 is 0 Å². The first-order valence-corrected chi connectivity index (χ1v) is 5.71. The minimum Gasteiger partial charge on any atom is -0.394 e. The minimum atomic E-state index is 0.0794. The molecule has 1 fully saturated rings. The molecule has 0 amide bonds. The molecule has 0 aliphatic carbocycles. The van der Waals surface area contributed by atoms with Crippen molar-refractivity contribution in [2.75, 3.05) is 39.5 Å². The van der Waals surface area contributed by atoms with Gasteiger partial charge < -0.3 is 9.84 Å². The first-order chi connectivity index (χ1) is 7.27. The summed E-state index contributed by atoms with van der Waals surface area (Å²) in [5.74, 6) is 0.626. The van der Waals surface area contributed by atoms with Gasteiger partial charge in [0.1, 0.15) is 5.78 Å². The largest absolute Gasteiger partial charge is 0.394 e. The van der Waals surface area contributed by atoms with E-state index >= 15 is 0 Å². The van der Waals surface area contributed by atoms with E-state index in [-0.39, 0.29) is 12.5 Å². The van der Waals surface area contributed by atoms with Gasteiger partial charge in [0.2, 0.25) is 0 Å². The number of carbonyl (C=O) groups excluding carboxylic acids is 1. The fourth-order valence-electron chi connectivity index (χ4n) is 1.90. The third-order valence-electron chi connectivity index (χ3n) is 2.89. The molecular formula is C11H21NO3. The molecule has 1 aliphatic heterocycles. The van der Waals surface area contributed by atoms with Crippen LogP contribution >= 0.6 is 0 Å². The maximum absolute atomic E-state index is 11.5. The summed E-state index contributed by atoms with van der Waals surface area (Å²) in [6, 6.07) is 0. The Labute approximate surface area is 91.2 Å². The molecule has 1 atom stereocenters. The van der Waals surface area contributed by atoms with E-state index in [1.54, 1.807) is 0 Å². The van der Waals surface area contributed by atoms with E-state index in [2.05, 4.69) is 11.8 Å². The van der Waals surface area contributed by atoms with Crippen molar-refractivity contribution < 1.29 is 14.6 Å². The number of carbonyl (C=O) groups is 1. The summed E-state index contributed by atoms with van der Waals surface area (Å²) in [6.07, 6.45) is 1.62. The number of Topliss-reactive ketones (excluding diaryl/α,β-unsaturated/α-hetero) is 1. The molecule has 0 aromatic heterocycles. The smallest absolute Gasteiger partial charge is 0.138 e. The fourth-order valence-corrected chi connectivity index (χ4v) is 1.90. The Hall–Kier alpha value is -0.450. The van der Waals surface area contributed by atoms with Crippen LogP contribution in [0.4, 0.5) is 0 Å². The van der Waals surface area contributed by atoms with Crippen molar-refractivity contribution in [3.8, 4) is 0 Å². The van der Waals surface area contributed by atoms with Crippen LogP contribution in [0.25, 0.3) is 0 Å². The Balaban J connectivity index is 2.17. The number of nitrogens with zero attached hydrogens (tertiary/aromatic N) is 1. The summed E-state index contributed by atoms with van der Waals surface area (Å²) in [5.41, 5.74) is 0. The molecule has 4 heteroatoms. The molecule has 15 heavy (non-hydrogen) atoms. The number of aliphatic hydroxyl groups excluding tert-OH is 1. The van der Waals surface area contributed by atoms with Gasteiger partial charge in [0.05, 0.1) is 19.8 Å². The monoisotopic (exact) mass is 215 g/mol. The number of hydrogen-bond acceptors (Lipinski definition) is 4. The van der Waals surface area contributed by atoms with Crippen LogP contribution in [0.3, 0.4) is 0 Å². The molecule has 0 radical (unpaired) electrons. The van der Waals surface area contributed by atoms with Gasteiger partial charge in [-0.3, -0.25) is 9.69 Å². The van der Waals surface area contributed by atoms with Gasteiger partial charge in [0.25, 0.3) is 0 Å². The van der Waals surface area contributed by atoms with Gasteiger partial charge in [0, 0.05) is 32.0 Å². The van der Waals surface area contributed by atoms with Crippen LogP contribution in [0, 0.1) is 5.92 Å². The van der Waals surface area contributed by atoms with Crippen molar-refractivity contribution in [1.29, 1.82) is 0 Å². The van der Waals surface area contributed by atoms with Crippen LogP contribution in [-0.4, -0.2) is 55.2 Å². The van der Waals surface area contributed by atoms with Crippen LogP contribution in [0.15, 0.2) is 0 Å². The lowest BCUT2D eigenvalue weighted by Crippen LogP contribution is -2.42. The summed E-state index contributed by atoms with van der Waals surface area (Å²) in [5, 5.41) is 8.53. The third kappa shape index (κ3) is 4.28. The van der Waals surface area contributed by atoms with Gasteiger partial charge in [0.15, 0.2) is 0 Å². The molecule has 1 rings (SSSR count). The van der Waals surface area contributed by atoms with Crippen molar-refractivity contribution >= 4 is 5.78 Å². The lowest BCUT2D eigenvalue weighted by molar-refractivity contribution is -0.126. The summed E-state index contributed by atoms with van der Waals surface area (Å²) in [4.78, 5) is 13.7. The van der Waals surface area contributed by atoms with Crippen molar-refractivity contribution in [3.63, 3.8) is 0 Å². The Bertz CT molecular complexity index is 196. The minimum absolute atomic E-state index is 0.0794. The molecule has 1 N–H and O–H groups in total. The summed E-state index contributed by atoms with van der Waals surface area (Å²) < 4.78 is 5.20. The molecular weight excluding hydrogens is 194 g/mol. The second-order valence-corrected chi connectivity index (χ2v) is 3.96. The van der Waals surface area contributed by atoms with Gasteiger partial charge >= 0.3 is 0 Å². The van der Waals surface area contributed by atoms with Gasteiger partial charge in [-0.05, 0) is 6.42 Å². The van der Waals surface area contributed by atoms with Gasteiger partial charge in [-0.2, -0.15) is 0 Å².